The maximum Gasteiger partial charge on any atom is 0.318 e. The standard InChI is InChI=1S/C12H16N4O/c1-8-6-10(7-13)16-12(15-8)17-11-4-2-9(14)3-5-11/h6,9,11H,2-5,14H2,1H3. The molecule has 90 valence electrons. The monoisotopic (exact) mass is 232 g/mol. The Morgan fingerprint density at radius 2 is 2.06 bits per heavy atom. The average Bonchev–Trinajstić information content (AvgIpc) is 2.31. The zero-order valence-corrected chi connectivity index (χ0v) is 9.89. The molecule has 2 N–H and O–H groups in total. The number of nitriles is 1. The van der Waals surface area contributed by atoms with Crippen LogP contribution in [0.25, 0.3) is 0 Å². The quantitative estimate of drug-likeness (QED) is 0.830. The predicted octanol–water partition coefficient (Wildman–Crippen LogP) is 1.31. The molecule has 0 atom stereocenters. The van der Waals surface area contributed by atoms with Crippen LogP contribution in [0.1, 0.15) is 37.1 Å². The van der Waals surface area contributed by atoms with Crippen molar-refractivity contribution in [1.82, 2.24) is 9.97 Å². The molecule has 0 unspecified atom stereocenters. The van der Waals surface area contributed by atoms with Gasteiger partial charge in [0.1, 0.15) is 17.9 Å². The molecule has 1 fully saturated rings. The molecule has 1 aliphatic rings. The van der Waals surface area contributed by atoms with Crippen LogP contribution in [0.4, 0.5) is 0 Å². The molecule has 1 aliphatic carbocycles. The number of nitrogens with two attached hydrogens (primary N) is 1. The number of nitrogens with zero attached hydrogens (tertiary/aromatic N) is 3. The summed E-state index contributed by atoms with van der Waals surface area (Å²) in [4.78, 5) is 8.22. The van der Waals surface area contributed by atoms with Gasteiger partial charge in [0.05, 0.1) is 0 Å². The largest absolute Gasteiger partial charge is 0.460 e. The Bertz CT molecular complexity index is 433. The Labute approximate surface area is 101 Å². The topological polar surface area (TPSA) is 84.8 Å². The number of ether oxygens (including phenoxy) is 1. The highest BCUT2D eigenvalue weighted by molar-refractivity contribution is 5.23. The van der Waals surface area contributed by atoms with Gasteiger partial charge in [0.2, 0.25) is 0 Å². The van der Waals surface area contributed by atoms with Gasteiger partial charge < -0.3 is 10.5 Å². The normalized spacial score (nSPS) is 24.1. The van der Waals surface area contributed by atoms with Crippen LogP contribution in [0.2, 0.25) is 0 Å². The van der Waals surface area contributed by atoms with Gasteiger partial charge in [-0.25, -0.2) is 4.98 Å². The fourth-order valence-electron chi connectivity index (χ4n) is 2.01. The number of aromatic nitrogens is 2. The number of hydrogen-bond acceptors (Lipinski definition) is 5. The van der Waals surface area contributed by atoms with Crippen LogP contribution < -0.4 is 10.5 Å². The lowest BCUT2D eigenvalue weighted by Gasteiger charge is -2.25. The van der Waals surface area contributed by atoms with Crippen molar-refractivity contribution in [1.29, 1.82) is 5.26 Å². The van der Waals surface area contributed by atoms with Gasteiger partial charge in [-0.05, 0) is 38.7 Å². The van der Waals surface area contributed by atoms with Gasteiger partial charge in [-0.1, -0.05) is 0 Å². The Balaban J connectivity index is 2.03. The lowest BCUT2D eigenvalue weighted by Crippen LogP contribution is -2.32. The second-order valence-corrected chi connectivity index (χ2v) is 4.44. The van der Waals surface area contributed by atoms with E-state index in [2.05, 4.69) is 9.97 Å². The van der Waals surface area contributed by atoms with Gasteiger partial charge in [0.15, 0.2) is 0 Å². The fraction of sp³-hybridized carbons (Fsp3) is 0.583. The zero-order valence-electron chi connectivity index (χ0n) is 9.89. The molecule has 5 nitrogen and oxygen atoms in total. The highest BCUT2D eigenvalue weighted by Gasteiger charge is 2.20. The van der Waals surface area contributed by atoms with Crippen LogP contribution in [-0.2, 0) is 0 Å². The highest BCUT2D eigenvalue weighted by Crippen LogP contribution is 2.21. The van der Waals surface area contributed by atoms with Crippen molar-refractivity contribution < 1.29 is 4.74 Å². The van der Waals surface area contributed by atoms with E-state index in [-0.39, 0.29) is 6.10 Å². The molecule has 2 rings (SSSR count). The van der Waals surface area contributed by atoms with Gasteiger partial charge >= 0.3 is 6.01 Å². The number of hydrogen-bond donors (Lipinski definition) is 1. The van der Waals surface area contributed by atoms with Crippen molar-refractivity contribution in [2.45, 2.75) is 44.8 Å². The summed E-state index contributed by atoms with van der Waals surface area (Å²) >= 11 is 0. The molecule has 0 aliphatic heterocycles. The first kappa shape index (κ1) is 11.8. The molecule has 0 amide bonds. The molecule has 1 saturated carbocycles. The third kappa shape index (κ3) is 3.14. The molecule has 1 aromatic heterocycles. The second-order valence-electron chi connectivity index (χ2n) is 4.44. The third-order valence-corrected chi connectivity index (χ3v) is 2.94. The number of rotatable bonds is 2. The first-order valence-electron chi connectivity index (χ1n) is 5.85. The molecule has 17 heavy (non-hydrogen) atoms. The number of aryl methyl sites for hydroxylation is 1. The maximum absolute atomic E-state index is 8.81. The Morgan fingerprint density at radius 1 is 1.35 bits per heavy atom. The van der Waals surface area contributed by atoms with Crippen molar-refractivity contribution in [3.8, 4) is 12.1 Å². The minimum Gasteiger partial charge on any atom is -0.460 e. The minimum atomic E-state index is 0.128. The summed E-state index contributed by atoms with van der Waals surface area (Å²) < 4.78 is 5.70. The molecule has 0 radical (unpaired) electrons. The van der Waals surface area contributed by atoms with Gasteiger partial charge in [-0.2, -0.15) is 10.2 Å². The molecular weight excluding hydrogens is 216 g/mol. The fourth-order valence-corrected chi connectivity index (χ4v) is 2.01. The van der Waals surface area contributed by atoms with Crippen LogP contribution >= 0.6 is 0 Å². The lowest BCUT2D eigenvalue weighted by atomic mass is 9.94. The molecule has 5 heteroatoms. The van der Waals surface area contributed by atoms with E-state index in [1.807, 2.05) is 13.0 Å². The van der Waals surface area contributed by atoms with Crippen molar-refractivity contribution in [3.63, 3.8) is 0 Å². The van der Waals surface area contributed by atoms with E-state index in [9.17, 15) is 0 Å². The molecular formula is C12H16N4O. The van der Waals surface area contributed by atoms with E-state index in [1.165, 1.54) is 0 Å². The molecule has 0 aromatic carbocycles. The summed E-state index contributed by atoms with van der Waals surface area (Å²) in [5.41, 5.74) is 6.93. The van der Waals surface area contributed by atoms with Crippen LogP contribution in [0.15, 0.2) is 6.07 Å². The summed E-state index contributed by atoms with van der Waals surface area (Å²) in [6.45, 7) is 1.83. The van der Waals surface area contributed by atoms with E-state index in [0.29, 0.717) is 17.7 Å². The second kappa shape index (κ2) is 5.11. The van der Waals surface area contributed by atoms with Gasteiger partial charge in [-0.15, -0.1) is 0 Å². The summed E-state index contributed by atoms with van der Waals surface area (Å²) in [6.07, 6.45) is 3.94. The summed E-state index contributed by atoms with van der Waals surface area (Å²) in [5.74, 6) is 0. The Morgan fingerprint density at radius 3 is 2.71 bits per heavy atom. The third-order valence-electron chi connectivity index (χ3n) is 2.94. The van der Waals surface area contributed by atoms with Crippen molar-refractivity contribution in [2.24, 2.45) is 5.73 Å². The SMILES string of the molecule is Cc1cc(C#N)nc(OC2CCC(N)CC2)n1. The van der Waals surface area contributed by atoms with Crippen LogP contribution in [0.3, 0.4) is 0 Å². The molecule has 0 saturated heterocycles. The molecule has 0 bridgehead atoms. The van der Waals surface area contributed by atoms with E-state index in [1.54, 1.807) is 6.07 Å². The van der Waals surface area contributed by atoms with Gasteiger partial charge in [0.25, 0.3) is 0 Å². The Hall–Kier alpha value is -1.67. The predicted molar refractivity (Wildman–Crippen MR) is 62.3 cm³/mol. The van der Waals surface area contributed by atoms with E-state index in [4.69, 9.17) is 15.7 Å². The Kier molecular flexibility index (Phi) is 3.55. The lowest BCUT2D eigenvalue weighted by molar-refractivity contribution is 0.134. The van der Waals surface area contributed by atoms with E-state index < -0.39 is 0 Å². The smallest absolute Gasteiger partial charge is 0.318 e. The van der Waals surface area contributed by atoms with Gasteiger partial charge in [0, 0.05) is 11.7 Å². The molecule has 1 heterocycles. The first-order valence-corrected chi connectivity index (χ1v) is 5.85. The summed E-state index contributed by atoms with van der Waals surface area (Å²) in [5, 5.41) is 8.81. The summed E-state index contributed by atoms with van der Waals surface area (Å²) in [7, 11) is 0. The van der Waals surface area contributed by atoms with Crippen LogP contribution in [0, 0.1) is 18.3 Å². The van der Waals surface area contributed by atoms with E-state index >= 15 is 0 Å². The highest BCUT2D eigenvalue weighted by atomic mass is 16.5. The first-order chi connectivity index (χ1) is 8.17. The van der Waals surface area contributed by atoms with Crippen molar-refractivity contribution in [3.05, 3.63) is 17.5 Å². The van der Waals surface area contributed by atoms with Crippen molar-refractivity contribution in [2.75, 3.05) is 0 Å². The van der Waals surface area contributed by atoms with Crippen LogP contribution in [-0.4, -0.2) is 22.1 Å². The average molecular weight is 232 g/mol. The molecule has 0 spiro atoms. The maximum atomic E-state index is 8.81. The van der Waals surface area contributed by atoms with Crippen molar-refractivity contribution >= 4 is 0 Å². The van der Waals surface area contributed by atoms with Crippen LogP contribution in [0.5, 0.6) is 6.01 Å². The minimum absolute atomic E-state index is 0.128. The van der Waals surface area contributed by atoms with E-state index in [0.717, 1.165) is 31.4 Å². The zero-order chi connectivity index (χ0) is 12.3. The van der Waals surface area contributed by atoms with Gasteiger partial charge in [-0.3, -0.25) is 0 Å². The molecule has 1 aromatic rings. The summed E-state index contributed by atoms with van der Waals surface area (Å²) in [6, 6.07) is 4.25.